The van der Waals surface area contributed by atoms with E-state index in [0.29, 0.717) is 13.0 Å². The van der Waals surface area contributed by atoms with E-state index in [0.717, 1.165) is 26.8 Å². The van der Waals surface area contributed by atoms with Crippen molar-refractivity contribution in [2.24, 2.45) is 0 Å². The Morgan fingerprint density at radius 2 is 2.14 bits per heavy atom. The van der Waals surface area contributed by atoms with E-state index < -0.39 is 6.10 Å². The predicted molar refractivity (Wildman–Crippen MR) is 88.5 cm³/mol. The van der Waals surface area contributed by atoms with Crippen molar-refractivity contribution in [3.63, 3.8) is 0 Å². The largest absolute Gasteiger partial charge is 0.386 e. The lowest BCUT2D eigenvalue weighted by Crippen LogP contribution is -2.44. The molecule has 0 unspecified atom stereocenters. The minimum atomic E-state index is -0.641. The van der Waals surface area contributed by atoms with Crippen LogP contribution in [0.2, 0.25) is 4.34 Å². The first-order valence-corrected chi connectivity index (χ1v) is 8.37. The number of thiophene rings is 1. The van der Waals surface area contributed by atoms with Gasteiger partial charge in [-0.05, 0) is 36.1 Å². The summed E-state index contributed by atoms with van der Waals surface area (Å²) in [6.07, 6.45) is 0.766. The van der Waals surface area contributed by atoms with E-state index in [1.165, 1.54) is 11.3 Å². The van der Waals surface area contributed by atoms with Crippen LogP contribution >= 0.6 is 22.9 Å². The number of hydrogen-bond donors (Lipinski definition) is 3. The van der Waals surface area contributed by atoms with Gasteiger partial charge < -0.3 is 15.7 Å². The summed E-state index contributed by atoms with van der Waals surface area (Å²) < 4.78 is 0.756. The maximum absolute atomic E-state index is 11.9. The average Bonchev–Trinajstić information content (AvgIpc) is 3.04. The fourth-order valence-corrected chi connectivity index (χ4v) is 3.80. The number of amides is 2. The van der Waals surface area contributed by atoms with E-state index in [4.69, 9.17) is 11.6 Å². The highest BCUT2D eigenvalue weighted by atomic mass is 35.5. The van der Waals surface area contributed by atoms with Crippen LogP contribution in [-0.4, -0.2) is 23.7 Å². The minimum absolute atomic E-state index is 0.250. The molecule has 1 aromatic heterocycles. The predicted octanol–water partition coefficient (Wildman–Crippen LogP) is 2.90. The maximum atomic E-state index is 11.9. The van der Waals surface area contributed by atoms with Gasteiger partial charge in [-0.2, -0.15) is 0 Å². The molecule has 1 aliphatic carbocycles. The van der Waals surface area contributed by atoms with Crippen molar-refractivity contribution >= 4 is 29.0 Å². The second kappa shape index (κ2) is 6.69. The molecule has 4 nitrogen and oxygen atoms in total. The number of aliphatic hydroxyl groups excluding tert-OH is 1. The summed E-state index contributed by atoms with van der Waals surface area (Å²) in [7, 11) is 0. The molecule has 1 heterocycles. The van der Waals surface area contributed by atoms with Crippen molar-refractivity contribution < 1.29 is 9.90 Å². The summed E-state index contributed by atoms with van der Waals surface area (Å²) >= 11 is 7.38. The zero-order valence-electron chi connectivity index (χ0n) is 11.9. The van der Waals surface area contributed by atoms with E-state index in [2.05, 4.69) is 10.6 Å². The van der Waals surface area contributed by atoms with E-state index >= 15 is 0 Å². The molecule has 0 spiro atoms. The molecule has 0 saturated heterocycles. The third-order valence-electron chi connectivity index (χ3n) is 3.80. The molecule has 0 radical (unpaired) electrons. The third kappa shape index (κ3) is 3.43. The molecule has 3 N–H and O–H groups in total. The zero-order valence-corrected chi connectivity index (χ0v) is 13.5. The Kier molecular flexibility index (Phi) is 4.66. The molecule has 2 atom stereocenters. The summed E-state index contributed by atoms with van der Waals surface area (Å²) in [6, 6.07) is 11.0. The molecular formula is C16H17ClN2O2S. The summed E-state index contributed by atoms with van der Waals surface area (Å²) in [5.41, 5.74) is 1.99. The van der Waals surface area contributed by atoms with E-state index in [1.54, 1.807) is 0 Å². The molecule has 0 aliphatic heterocycles. The fourth-order valence-electron chi connectivity index (χ4n) is 2.71. The Hall–Kier alpha value is -1.56. The Bertz CT molecular complexity index is 674. The third-order valence-corrected chi connectivity index (χ3v) is 5.09. The quantitative estimate of drug-likeness (QED) is 0.804. The molecule has 3 rings (SSSR count). The van der Waals surface area contributed by atoms with Gasteiger partial charge in [-0.15, -0.1) is 11.3 Å². The monoisotopic (exact) mass is 336 g/mol. The molecule has 0 fully saturated rings. The zero-order chi connectivity index (χ0) is 15.5. The second-order valence-electron chi connectivity index (χ2n) is 5.31. The topological polar surface area (TPSA) is 61.4 Å². The number of halogens is 1. The number of rotatable bonds is 4. The van der Waals surface area contributed by atoms with E-state index in [9.17, 15) is 9.90 Å². The van der Waals surface area contributed by atoms with Crippen molar-refractivity contribution in [2.75, 3.05) is 6.54 Å². The fraction of sp³-hybridized carbons (Fsp3) is 0.312. The van der Waals surface area contributed by atoms with Gasteiger partial charge in [0.05, 0.1) is 16.5 Å². The van der Waals surface area contributed by atoms with Crippen molar-refractivity contribution in [2.45, 2.75) is 25.0 Å². The van der Waals surface area contributed by atoms with Crippen LogP contribution in [0.4, 0.5) is 4.79 Å². The molecule has 0 bridgehead atoms. The highest BCUT2D eigenvalue weighted by molar-refractivity contribution is 7.16. The van der Waals surface area contributed by atoms with E-state index in [-0.39, 0.29) is 12.1 Å². The van der Waals surface area contributed by atoms with Gasteiger partial charge in [0.2, 0.25) is 0 Å². The highest BCUT2D eigenvalue weighted by Crippen LogP contribution is 2.30. The number of nitrogens with one attached hydrogen (secondary N) is 2. The first-order chi connectivity index (χ1) is 10.6. The lowest BCUT2D eigenvalue weighted by atomic mass is 10.1. The van der Waals surface area contributed by atoms with Gasteiger partial charge in [-0.1, -0.05) is 35.9 Å². The Labute approximate surface area is 138 Å². The highest BCUT2D eigenvalue weighted by Gasteiger charge is 2.31. The van der Waals surface area contributed by atoms with Gasteiger partial charge in [-0.25, -0.2) is 4.79 Å². The SMILES string of the molecule is O=C(NCCc1ccc(Cl)s1)N[C@H]1Cc2ccccc2[C@@H]1O. The number of carbonyl (C=O) groups is 1. The summed E-state index contributed by atoms with van der Waals surface area (Å²) in [5.74, 6) is 0. The van der Waals surface area contributed by atoms with E-state index in [1.807, 2.05) is 36.4 Å². The van der Waals surface area contributed by atoms with Crippen LogP contribution < -0.4 is 10.6 Å². The Balaban J connectivity index is 1.47. The molecule has 0 saturated carbocycles. The van der Waals surface area contributed by atoms with Gasteiger partial charge in [0.1, 0.15) is 0 Å². The maximum Gasteiger partial charge on any atom is 0.315 e. The summed E-state index contributed by atoms with van der Waals surface area (Å²) in [6.45, 7) is 0.540. The number of hydrogen-bond acceptors (Lipinski definition) is 3. The molecule has 6 heteroatoms. The van der Waals surface area contributed by atoms with Crippen LogP contribution in [0.3, 0.4) is 0 Å². The van der Waals surface area contributed by atoms with Crippen LogP contribution in [-0.2, 0) is 12.8 Å². The number of fused-ring (bicyclic) bond motifs is 1. The van der Waals surface area contributed by atoms with Crippen molar-refractivity contribution in [3.8, 4) is 0 Å². The number of urea groups is 1. The lowest BCUT2D eigenvalue weighted by molar-refractivity contribution is 0.143. The van der Waals surface area contributed by atoms with Gasteiger partial charge in [0.25, 0.3) is 0 Å². The number of carbonyl (C=O) groups excluding carboxylic acids is 1. The lowest BCUT2D eigenvalue weighted by Gasteiger charge is -2.17. The molecule has 2 amide bonds. The van der Waals surface area contributed by atoms with Gasteiger partial charge in [0, 0.05) is 11.4 Å². The van der Waals surface area contributed by atoms with Gasteiger partial charge in [-0.3, -0.25) is 0 Å². The van der Waals surface area contributed by atoms with Crippen LogP contribution in [0.5, 0.6) is 0 Å². The summed E-state index contributed by atoms with van der Waals surface area (Å²) in [4.78, 5) is 13.1. The standard InChI is InChI=1S/C16H17ClN2O2S/c17-14-6-5-11(22-14)7-8-18-16(21)19-13-9-10-3-1-2-4-12(10)15(13)20/h1-6,13,15,20H,7-9H2,(H2,18,19,21)/t13-,15-/m0/s1. The summed E-state index contributed by atoms with van der Waals surface area (Å²) in [5, 5.41) is 15.9. The van der Waals surface area contributed by atoms with Crippen LogP contribution in [0.25, 0.3) is 0 Å². The Morgan fingerprint density at radius 1 is 1.32 bits per heavy atom. The molecule has 116 valence electrons. The van der Waals surface area contributed by atoms with Crippen molar-refractivity contribution in [1.82, 2.24) is 10.6 Å². The molecule has 22 heavy (non-hydrogen) atoms. The van der Waals surface area contributed by atoms with Crippen LogP contribution in [0, 0.1) is 0 Å². The molecule has 2 aromatic rings. The molecule has 1 aliphatic rings. The molecule has 1 aromatic carbocycles. The first kappa shape index (κ1) is 15.3. The van der Waals surface area contributed by atoms with Crippen molar-refractivity contribution in [1.29, 1.82) is 0 Å². The van der Waals surface area contributed by atoms with Crippen LogP contribution in [0.1, 0.15) is 22.1 Å². The molecular weight excluding hydrogens is 320 g/mol. The first-order valence-electron chi connectivity index (χ1n) is 7.18. The van der Waals surface area contributed by atoms with Crippen LogP contribution in [0.15, 0.2) is 36.4 Å². The van der Waals surface area contributed by atoms with Gasteiger partial charge >= 0.3 is 6.03 Å². The number of benzene rings is 1. The normalized spacial score (nSPS) is 19.7. The van der Waals surface area contributed by atoms with Crippen molar-refractivity contribution in [3.05, 3.63) is 56.7 Å². The average molecular weight is 337 g/mol. The minimum Gasteiger partial charge on any atom is -0.386 e. The van der Waals surface area contributed by atoms with Gasteiger partial charge in [0.15, 0.2) is 0 Å². The smallest absolute Gasteiger partial charge is 0.315 e. The number of aliphatic hydroxyl groups is 1. The second-order valence-corrected chi connectivity index (χ2v) is 7.11. The Morgan fingerprint density at radius 3 is 2.86 bits per heavy atom.